The van der Waals surface area contributed by atoms with Crippen molar-refractivity contribution in [3.63, 3.8) is 0 Å². The van der Waals surface area contributed by atoms with Crippen LogP contribution in [0.25, 0.3) is 0 Å². The molecule has 108 valence electrons. The van der Waals surface area contributed by atoms with Gasteiger partial charge in [0.05, 0.1) is 36.6 Å². The summed E-state index contributed by atoms with van der Waals surface area (Å²) in [6, 6.07) is 10.9. The fraction of sp³-hybridized carbons (Fsp3) is 0.133. The van der Waals surface area contributed by atoms with Gasteiger partial charge in [0.15, 0.2) is 0 Å². The molecule has 0 heterocycles. The third-order valence-electron chi connectivity index (χ3n) is 2.78. The van der Waals surface area contributed by atoms with E-state index < -0.39 is 0 Å². The Morgan fingerprint density at radius 3 is 2.43 bits per heavy atom. The lowest BCUT2D eigenvalue weighted by molar-refractivity contribution is 0.396. The smallest absolute Gasteiger partial charge is 0.146 e. The minimum Gasteiger partial charge on any atom is -0.495 e. The van der Waals surface area contributed by atoms with E-state index in [1.807, 2.05) is 6.07 Å². The number of benzene rings is 2. The lowest BCUT2D eigenvalue weighted by Gasteiger charge is -2.14. The van der Waals surface area contributed by atoms with Gasteiger partial charge in [0, 0.05) is 16.2 Å². The number of ether oxygens (including phenoxy) is 2. The van der Waals surface area contributed by atoms with Crippen molar-refractivity contribution in [1.82, 2.24) is 0 Å². The molecule has 0 amide bonds. The molecule has 2 aromatic carbocycles. The number of nitrogens with one attached hydrogen (secondary N) is 1. The number of nitriles is 1. The maximum absolute atomic E-state index is 9.00. The molecule has 0 saturated heterocycles. The summed E-state index contributed by atoms with van der Waals surface area (Å²) in [5, 5.41) is 12.7. The summed E-state index contributed by atoms with van der Waals surface area (Å²) in [5.41, 5.74) is 1.98. The van der Waals surface area contributed by atoms with Gasteiger partial charge < -0.3 is 14.8 Å². The summed E-state index contributed by atoms with van der Waals surface area (Å²) in [6.07, 6.45) is 0. The van der Waals surface area contributed by atoms with E-state index in [1.165, 1.54) is 0 Å². The number of nitrogens with zero attached hydrogens (tertiary/aromatic N) is 1. The summed E-state index contributed by atoms with van der Waals surface area (Å²) in [4.78, 5) is 0. The van der Waals surface area contributed by atoms with Gasteiger partial charge in [-0.25, -0.2) is 0 Å². The molecule has 0 saturated carbocycles. The summed E-state index contributed by atoms with van der Waals surface area (Å²) >= 11 is 9.50. The van der Waals surface area contributed by atoms with E-state index in [4.69, 9.17) is 26.3 Å². The first kappa shape index (κ1) is 15.5. The van der Waals surface area contributed by atoms with Crippen molar-refractivity contribution in [2.45, 2.75) is 0 Å². The molecule has 0 aliphatic rings. The van der Waals surface area contributed by atoms with Crippen LogP contribution in [-0.2, 0) is 0 Å². The van der Waals surface area contributed by atoms with Gasteiger partial charge in [-0.2, -0.15) is 5.26 Å². The molecule has 0 aromatic heterocycles. The largest absolute Gasteiger partial charge is 0.495 e. The van der Waals surface area contributed by atoms with Gasteiger partial charge in [-0.05, 0) is 24.3 Å². The van der Waals surface area contributed by atoms with E-state index in [2.05, 4.69) is 27.3 Å². The SMILES string of the molecule is COc1cc(OC)c(Nc2cc(Br)cc(C#N)c2)cc1Cl. The topological polar surface area (TPSA) is 54.3 Å². The van der Waals surface area contributed by atoms with E-state index in [0.29, 0.717) is 27.8 Å². The molecule has 1 N–H and O–H groups in total. The Hall–Kier alpha value is -1.90. The quantitative estimate of drug-likeness (QED) is 0.848. The number of hydrogen-bond donors (Lipinski definition) is 1. The minimum atomic E-state index is 0.469. The standard InChI is InChI=1S/C15H12BrClN2O2/c1-20-14-7-15(21-2)13(6-12(14)17)19-11-4-9(8-18)3-10(16)5-11/h3-7,19H,1-2H3. The fourth-order valence-corrected chi connectivity index (χ4v) is 2.57. The number of methoxy groups -OCH3 is 2. The summed E-state index contributed by atoms with van der Waals surface area (Å²) in [6.45, 7) is 0. The third kappa shape index (κ3) is 3.60. The van der Waals surface area contributed by atoms with Crippen molar-refractivity contribution in [1.29, 1.82) is 5.26 Å². The lowest BCUT2D eigenvalue weighted by atomic mass is 10.2. The first-order chi connectivity index (χ1) is 10.1. The van der Waals surface area contributed by atoms with Crippen LogP contribution >= 0.6 is 27.5 Å². The van der Waals surface area contributed by atoms with Crippen molar-refractivity contribution in [3.05, 3.63) is 45.4 Å². The number of hydrogen-bond acceptors (Lipinski definition) is 4. The average Bonchev–Trinajstić information content (AvgIpc) is 2.47. The lowest BCUT2D eigenvalue weighted by Crippen LogP contribution is -1.97. The van der Waals surface area contributed by atoms with E-state index in [0.717, 1.165) is 10.2 Å². The molecule has 2 rings (SSSR count). The highest BCUT2D eigenvalue weighted by Crippen LogP contribution is 2.37. The Morgan fingerprint density at radius 1 is 1.10 bits per heavy atom. The number of halogens is 2. The second kappa shape index (κ2) is 6.70. The zero-order valence-corrected chi connectivity index (χ0v) is 13.7. The summed E-state index contributed by atoms with van der Waals surface area (Å²) < 4.78 is 11.3. The van der Waals surface area contributed by atoms with Gasteiger partial charge in [0.1, 0.15) is 11.5 Å². The molecular weight excluding hydrogens is 356 g/mol. The second-order valence-corrected chi connectivity index (χ2v) is 5.48. The average molecular weight is 368 g/mol. The Bertz CT molecular complexity index is 714. The minimum absolute atomic E-state index is 0.469. The zero-order chi connectivity index (χ0) is 15.4. The molecule has 0 atom stereocenters. The highest BCUT2D eigenvalue weighted by atomic mass is 79.9. The summed E-state index contributed by atoms with van der Waals surface area (Å²) in [5.74, 6) is 1.13. The Labute approximate surface area is 136 Å². The van der Waals surface area contributed by atoms with Crippen LogP contribution in [0.2, 0.25) is 5.02 Å². The molecule has 0 aliphatic heterocycles. The predicted octanol–water partition coefficient (Wildman–Crippen LogP) is 4.73. The van der Waals surface area contributed by atoms with E-state index in [-0.39, 0.29) is 0 Å². The molecule has 6 heteroatoms. The highest BCUT2D eigenvalue weighted by molar-refractivity contribution is 9.10. The first-order valence-corrected chi connectivity index (χ1v) is 7.13. The molecule has 0 unspecified atom stereocenters. The van der Waals surface area contributed by atoms with Gasteiger partial charge >= 0.3 is 0 Å². The first-order valence-electron chi connectivity index (χ1n) is 5.96. The zero-order valence-electron chi connectivity index (χ0n) is 11.4. The third-order valence-corrected chi connectivity index (χ3v) is 3.53. The van der Waals surface area contributed by atoms with E-state index >= 15 is 0 Å². The molecule has 2 aromatic rings. The molecule has 0 spiro atoms. The predicted molar refractivity (Wildman–Crippen MR) is 86.7 cm³/mol. The Balaban J connectivity index is 2.42. The summed E-state index contributed by atoms with van der Waals surface area (Å²) in [7, 11) is 3.11. The molecular formula is C15H12BrClN2O2. The van der Waals surface area contributed by atoms with Gasteiger partial charge in [-0.1, -0.05) is 27.5 Å². The van der Waals surface area contributed by atoms with Crippen molar-refractivity contribution in [2.75, 3.05) is 19.5 Å². The van der Waals surface area contributed by atoms with Crippen LogP contribution in [0, 0.1) is 11.3 Å². The maximum atomic E-state index is 9.00. The van der Waals surface area contributed by atoms with Crippen LogP contribution in [-0.4, -0.2) is 14.2 Å². The maximum Gasteiger partial charge on any atom is 0.146 e. The van der Waals surface area contributed by atoms with Crippen molar-refractivity contribution in [3.8, 4) is 17.6 Å². The Kier molecular flexibility index (Phi) is 4.94. The molecule has 0 bridgehead atoms. The molecule has 0 radical (unpaired) electrons. The van der Waals surface area contributed by atoms with Gasteiger partial charge in [0.25, 0.3) is 0 Å². The van der Waals surface area contributed by atoms with Crippen LogP contribution in [0.1, 0.15) is 5.56 Å². The normalized spacial score (nSPS) is 9.86. The van der Waals surface area contributed by atoms with E-state index in [9.17, 15) is 0 Å². The van der Waals surface area contributed by atoms with Crippen molar-refractivity contribution in [2.24, 2.45) is 0 Å². The van der Waals surface area contributed by atoms with Gasteiger partial charge in [0.2, 0.25) is 0 Å². The van der Waals surface area contributed by atoms with Crippen molar-refractivity contribution >= 4 is 38.9 Å². The number of anilines is 2. The van der Waals surface area contributed by atoms with Gasteiger partial charge in [-0.15, -0.1) is 0 Å². The Morgan fingerprint density at radius 2 is 1.81 bits per heavy atom. The monoisotopic (exact) mass is 366 g/mol. The second-order valence-electron chi connectivity index (χ2n) is 4.15. The highest BCUT2D eigenvalue weighted by Gasteiger charge is 2.10. The molecule has 4 nitrogen and oxygen atoms in total. The van der Waals surface area contributed by atoms with Crippen LogP contribution < -0.4 is 14.8 Å². The van der Waals surface area contributed by atoms with Crippen molar-refractivity contribution < 1.29 is 9.47 Å². The van der Waals surface area contributed by atoms with Crippen LogP contribution in [0.4, 0.5) is 11.4 Å². The van der Waals surface area contributed by atoms with Gasteiger partial charge in [-0.3, -0.25) is 0 Å². The fourth-order valence-electron chi connectivity index (χ4n) is 1.84. The van der Waals surface area contributed by atoms with Crippen LogP contribution in [0.3, 0.4) is 0 Å². The molecule has 21 heavy (non-hydrogen) atoms. The molecule has 0 fully saturated rings. The van der Waals surface area contributed by atoms with Crippen LogP contribution in [0.5, 0.6) is 11.5 Å². The van der Waals surface area contributed by atoms with Crippen LogP contribution in [0.15, 0.2) is 34.8 Å². The molecule has 0 aliphatic carbocycles. The number of rotatable bonds is 4. The van der Waals surface area contributed by atoms with E-state index in [1.54, 1.807) is 38.5 Å².